The molecule has 204 valence electrons. The van der Waals surface area contributed by atoms with E-state index in [1.165, 1.54) is 25.7 Å². The molecular formula is C37H22ClN3OS. The van der Waals surface area contributed by atoms with Crippen LogP contribution in [0.4, 0.5) is 0 Å². The van der Waals surface area contributed by atoms with Gasteiger partial charge in [0.2, 0.25) is 0 Å². The Hall–Kier alpha value is -4.84. The predicted octanol–water partition coefficient (Wildman–Crippen LogP) is 10.6. The maximum Gasteiger partial charge on any atom is 0.165 e. The summed E-state index contributed by atoms with van der Waals surface area (Å²) in [7, 11) is 0. The van der Waals surface area contributed by atoms with E-state index in [1.807, 2.05) is 36.4 Å². The summed E-state index contributed by atoms with van der Waals surface area (Å²) >= 11 is 8.50. The Morgan fingerprint density at radius 1 is 0.628 bits per heavy atom. The van der Waals surface area contributed by atoms with Gasteiger partial charge in [-0.05, 0) is 65.9 Å². The number of nitrogens with zero attached hydrogens (tertiary/aromatic N) is 3. The van der Waals surface area contributed by atoms with E-state index < -0.39 is 0 Å². The molecule has 4 nitrogen and oxygen atoms in total. The fourth-order valence-corrected chi connectivity index (χ4v) is 7.76. The lowest BCUT2D eigenvalue weighted by atomic mass is 9.89. The van der Waals surface area contributed by atoms with Crippen LogP contribution in [0.5, 0.6) is 0 Å². The van der Waals surface area contributed by atoms with Crippen LogP contribution < -0.4 is 0 Å². The van der Waals surface area contributed by atoms with Gasteiger partial charge in [0.25, 0.3) is 0 Å². The van der Waals surface area contributed by atoms with Crippen molar-refractivity contribution in [2.75, 3.05) is 0 Å². The number of benzene rings is 5. The number of allylic oxidation sites excluding steroid dienone is 1. The van der Waals surface area contributed by atoms with Gasteiger partial charge in [-0.2, -0.15) is 0 Å². The van der Waals surface area contributed by atoms with Gasteiger partial charge in [-0.25, -0.2) is 15.0 Å². The number of hydrogen-bond donors (Lipinski definition) is 0. The first-order valence-corrected chi connectivity index (χ1v) is 15.5. The molecule has 43 heavy (non-hydrogen) atoms. The molecular weight excluding hydrogens is 570 g/mol. The molecule has 0 spiro atoms. The zero-order chi connectivity index (χ0) is 28.5. The van der Waals surface area contributed by atoms with Gasteiger partial charge in [-0.3, -0.25) is 0 Å². The normalized spacial score (nSPS) is 13.2. The van der Waals surface area contributed by atoms with E-state index in [-0.39, 0.29) is 0 Å². The molecule has 0 amide bonds. The second-order valence-electron chi connectivity index (χ2n) is 10.8. The summed E-state index contributed by atoms with van der Waals surface area (Å²) in [6.07, 6.45) is 3.93. The molecule has 0 unspecified atom stereocenters. The molecule has 1 aliphatic carbocycles. The Kier molecular flexibility index (Phi) is 5.52. The van der Waals surface area contributed by atoms with Gasteiger partial charge >= 0.3 is 0 Å². The molecule has 0 atom stereocenters. The van der Waals surface area contributed by atoms with E-state index in [4.69, 9.17) is 31.0 Å². The van der Waals surface area contributed by atoms with Gasteiger partial charge < -0.3 is 4.42 Å². The third kappa shape index (κ3) is 3.93. The van der Waals surface area contributed by atoms with Gasteiger partial charge in [0, 0.05) is 42.1 Å². The molecule has 0 N–H and O–H groups in total. The number of halogens is 1. The Balaban J connectivity index is 1.29. The molecule has 0 saturated carbocycles. The molecule has 0 saturated heterocycles. The fraction of sp³-hybridized carbons (Fsp3) is 0.0541. The second-order valence-corrected chi connectivity index (χ2v) is 12.3. The van der Waals surface area contributed by atoms with Crippen LogP contribution in [0, 0.1) is 0 Å². The molecule has 1 aliphatic rings. The highest BCUT2D eigenvalue weighted by Crippen LogP contribution is 2.42. The minimum atomic E-state index is 0.667. The highest BCUT2D eigenvalue weighted by molar-refractivity contribution is 7.26. The van der Waals surface area contributed by atoms with Crippen LogP contribution >= 0.6 is 22.9 Å². The average molecular weight is 592 g/mol. The lowest BCUT2D eigenvalue weighted by Gasteiger charge is -2.18. The zero-order valence-corrected chi connectivity index (χ0v) is 24.4. The van der Waals surface area contributed by atoms with Crippen LogP contribution in [0.15, 0.2) is 108 Å². The topological polar surface area (TPSA) is 51.8 Å². The summed E-state index contributed by atoms with van der Waals surface area (Å²) in [6.45, 7) is 0. The summed E-state index contributed by atoms with van der Waals surface area (Å²) in [5.74, 6) is 2.05. The molecule has 9 rings (SSSR count). The number of thiophene rings is 1. The minimum absolute atomic E-state index is 0.667. The fourth-order valence-electron chi connectivity index (χ4n) is 6.29. The first-order chi connectivity index (χ1) is 21.2. The van der Waals surface area contributed by atoms with Crippen molar-refractivity contribution in [1.82, 2.24) is 15.0 Å². The SMILES string of the molecule is Clc1cccc2oc3ccc4c(c3c12)C=C(c1nc(-c2ccccc2)nc(-c2cccc3c2sc2ccccc23)n1)CC4. The van der Waals surface area contributed by atoms with Crippen molar-refractivity contribution < 1.29 is 4.42 Å². The second kappa shape index (κ2) is 9.60. The van der Waals surface area contributed by atoms with Crippen molar-refractivity contribution in [3.63, 3.8) is 0 Å². The summed E-state index contributed by atoms with van der Waals surface area (Å²) in [4.78, 5) is 15.3. The Bertz CT molecular complexity index is 2420. The summed E-state index contributed by atoms with van der Waals surface area (Å²) in [6, 6.07) is 35.1. The molecule has 0 radical (unpaired) electrons. The maximum absolute atomic E-state index is 6.71. The maximum atomic E-state index is 6.71. The Morgan fingerprint density at radius 2 is 1.40 bits per heavy atom. The lowest BCUT2D eigenvalue weighted by Crippen LogP contribution is -2.06. The van der Waals surface area contributed by atoms with Gasteiger partial charge in [-0.15, -0.1) is 11.3 Å². The number of aryl methyl sites for hydroxylation is 1. The highest BCUT2D eigenvalue weighted by atomic mass is 35.5. The first-order valence-electron chi connectivity index (χ1n) is 14.3. The summed E-state index contributed by atoms with van der Waals surface area (Å²) < 4.78 is 8.64. The van der Waals surface area contributed by atoms with Crippen molar-refractivity contribution in [3.05, 3.63) is 125 Å². The third-order valence-electron chi connectivity index (χ3n) is 8.32. The molecule has 6 heteroatoms. The van der Waals surface area contributed by atoms with Crippen molar-refractivity contribution in [1.29, 1.82) is 0 Å². The number of aromatic nitrogens is 3. The van der Waals surface area contributed by atoms with Gasteiger partial charge in [0.1, 0.15) is 11.2 Å². The van der Waals surface area contributed by atoms with E-state index in [1.54, 1.807) is 11.3 Å². The largest absolute Gasteiger partial charge is 0.456 e. The van der Waals surface area contributed by atoms with Crippen LogP contribution in [0.3, 0.4) is 0 Å². The molecule has 0 fully saturated rings. The number of rotatable bonds is 3. The average Bonchev–Trinajstić information content (AvgIpc) is 3.64. The molecule has 3 aromatic heterocycles. The molecule has 0 aliphatic heterocycles. The van der Waals surface area contributed by atoms with Crippen molar-refractivity contribution in [2.24, 2.45) is 0 Å². The van der Waals surface area contributed by atoms with Crippen LogP contribution in [0.25, 0.3) is 76.5 Å². The van der Waals surface area contributed by atoms with E-state index in [0.717, 1.165) is 57.0 Å². The van der Waals surface area contributed by atoms with Crippen LogP contribution in [-0.2, 0) is 6.42 Å². The summed E-state index contributed by atoms with van der Waals surface area (Å²) in [5, 5.41) is 5.16. The number of furan rings is 1. The van der Waals surface area contributed by atoms with Crippen molar-refractivity contribution >= 4 is 76.7 Å². The molecule has 0 bridgehead atoms. The van der Waals surface area contributed by atoms with Crippen LogP contribution in [0.2, 0.25) is 5.02 Å². The van der Waals surface area contributed by atoms with E-state index >= 15 is 0 Å². The molecule has 8 aromatic rings. The molecule has 3 heterocycles. The van der Waals surface area contributed by atoms with E-state index in [0.29, 0.717) is 22.5 Å². The number of fused-ring (bicyclic) bond motifs is 8. The monoisotopic (exact) mass is 591 g/mol. The van der Waals surface area contributed by atoms with Gasteiger partial charge in [0.15, 0.2) is 17.5 Å². The van der Waals surface area contributed by atoms with Crippen molar-refractivity contribution in [3.8, 4) is 22.8 Å². The smallest absolute Gasteiger partial charge is 0.165 e. The highest BCUT2D eigenvalue weighted by Gasteiger charge is 2.22. The zero-order valence-electron chi connectivity index (χ0n) is 22.8. The first kappa shape index (κ1) is 24.7. The lowest BCUT2D eigenvalue weighted by molar-refractivity contribution is 0.668. The third-order valence-corrected chi connectivity index (χ3v) is 9.86. The molecule has 5 aromatic carbocycles. The quantitative estimate of drug-likeness (QED) is 0.205. The van der Waals surface area contributed by atoms with Gasteiger partial charge in [0.05, 0.1) is 5.02 Å². The van der Waals surface area contributed by atoms with Crippen LogP contribution in [0.1, 0.15) is 23.4 Å². The minimum Gasteiger partial charge on any atom is -0.456 e. The summed E-state index contributed by atoms with van der Waals surface area (Å²) in [5.41, 5.74) is 7.07. The van der Waals surface area contributed by atoms with Crippen LogP contribution in [-0.4, -0.2) is 15.0 Å². The Labute approximate surface area is 255 Å². The van der Waals surface area contributed by atoms with E-state index in [2.05, 4.69) is 72.8 Å². The van der Waals surface area contributed by atoms with Gasteiger partial charge in [-0.1, -0.05) is 84.4 Å². The number of hydrogen-bond acceptors (Lipinski definition) is 5. The van der Waals surface area contributed by atoms with E-state index in [9.17, 15) is 0 Å². The predicted molar refractivity (Wildman–Crippen MR) is 179 cm³/mol. The Morgan fingerprint density at radius 3 is 2.33 bits per heavy atom. The van der Waals surface area contributed by atoms with Crippen molar-refractivity contribution in [2.45, 2.75) is 12.8 Å². The standard InChI is InChI=1S/C37H22ClN3OS/c38-28-13-7-14-29-33(28)32-27-20-23(17-16-21(27)18-19-30(32)42-29)36-39-35(22-8-2-1-3-9-22)40-37(41-36)26-12-6-11-25-24-10-4-5-15-31(24)43-34(25)26/h1-15,18-20H,16-17H2.